The van der Waals surface area contributed by atoms with Crippen LogP contribution in [0.3, 0.4) is 0 Å². The van der Waals surface area contributed by atoms with Crippen molar-refractivity contribution in [3.05, 3.63) is 65.7 Å². The highest BCUT2D eigenvalue weighted by molar-refractivity contribution is 6.28. The summed E-state index contributed by atoms with van der Waals surface area (Å²) < 4.78 is 0. The molecule has 0 aliphatic carbocycles. The number of Topliss-reactive ketones (excluding diaryl/α,β-unsaturated/α-hetero) is 1. The van der Waals surface area contributed by atoms with Gasteiger partial charge in [0.15, 0.2) is 5.78 Å². The SMILES string of the molecule is CC(C)C[C@H](NC(=O)[C@H](Cc1ccccc1)NC(=O)CNC(=O)[C@@H](C)NC(=O)[C@@H](N)Cc1ccc(O)cc1)C(=O)CCl. The fourth-order valence-electron chi connectivity index (χ4n) is 4.10. The van der Waals surface area contributed by atoms with Crippen molar-refractivity contribution in [3.63, 3.8) is 0 Å². The molecule has 7 N–H and O–H groups in total. The predicted molar refractivity (Wildman–Crippen MR) is 160 cm³/mol. The number of carbonyl (C=O) groups is 5. The molecule has 2 aromatic carbocycles. The van der Waals surface area contributed by atoms with E-state index in [0.29, 0.717) is 6.42 Å². The Kier molecular flexibility index (Phi) is 13.9. The lowest BCUT2D eigenvalue weighted by atomic mass is 9.99. The molecule has 0 aromatic heterocycles. The van der Waals surface area contributed by atoms with Crippen LogP contribution in [-0.2, 0) is 36.8 Å². The second-order valence-corrected chi connectivity index (χ2v) is 10.8. The largest absolute Gasteiger partial charge is 0.508 e. The van der Waals surface area contributed by atoms with E-state index in [0.717, 1.165) is 11.1 Å². The molecule has 228 valence electrons. The zero-order valence-electron chi connectivity index (χ0n) is 24.1. The van der Waals surface area contributed by atoms with Gasteiger partial charge in [0.05, 0.1) is 24.5 Å². The molecule has 0 fully saturated rings. The first-order chi connectivity index (χ1) is 19.9. The number of benzene rings is 2. The second-order valence-electron chi connectivity index (χ2n) is 10.5. The number of amides is 4. The summed E-state index contributed by atoms with van der Waals surface area (Å²) in [5, 5.41) is 19.7. The van der Waals surface area contributed by atoms with Gasteiger partial charge in [0.1, 0.15) is 17.8 Å². The zero-order valence-corrected chi connectivity index (χ0v) is 24.8. The van der Waals surface area contributed by atoms with Gasteiger partial charge in [0.25, 0.3) is 0 Å². The number of halogens is 1. The van der Waals surface area contributed by atoms with E-state index in [4.69, 9.17) is 17.3 Å². The summed E-state index contributed by atoms with van der Waals surface area (Å²) in [7, 11) is 0. The van der Waals surface area contributed by atoms with Crippen LogP contribution in [0.1, 0.15) is 38.3 Å². The van der Waals surface area contributed by atoms with Gasteiger partial charge in [-0.3, -0.25) is 24.0 Å². The minimum Gasteiger partial charge on any atom is -0.508 e. The number of rotatable bonds is 16. The van der Waals surface area contributed by atoms with Gasteiger partial charge in [-0.05, 0) is 48.9 Å². The first-order valence-electron chi connectivity index (χ1n) is 13.7. The lowest BCUT2D eigenvalue weighted by Gasteiger charge is -2.24. The highest BCUT2D eigenvalue weighted by Gasteiger charge is 2.28. The molecule has 0 bridgehead atoms. The second kappa shape index (κ2) is 17.1. The van der Waals surface area contributed by atoms with Gasteiger partial charge in [0, 0.05) is 6.42 Å². The molecule has 0 spiro atoms. The molecule has 0 heterocycles. The summed E-state index contributed by atoms with van der Waals surface area (Å²) in [5.41, 5.74) is 7.48. The van der Waals surface area contributed by atoms with E-state index in [1.165, 1.54) is 19.1 Å². The third kappa shape index (κ3) is 11.9. The Morgan fingerprint density at radius 1 is 0.786 bits per heavy atom. The molecule has 0 radical (unpaired) electrons. The number of nitrogens with one attached hydrogen (secondary N) is 4. The summed E-state index contributed by atoms with van der Waals surface area (Å²) in [5.74, 6) is -2.73. The number of phenolic OH excluding ortho intramolecular Hbond substituents is 1. The number of phenols is 1. The zero-order chi connectivity index (χ0) is 31.2. The summed E-state index contributed by atoms with van der Waals surface area (Å²) in [6.07, 6.45) is 0.741. The van der Waals surface area contributed by atoms with Crippen molar-refractivity contribution in [3.8, 4) is 5.75 Å². The van der Waals surface area contributed by atoms with Crippen molar-refractivity contribution < 1.29 is 29.1 Å². The molecule has 42 heavy (non-hydrogen) atoms. The minimum atomic E-state index is -1.02. The van der Waals surface area contributed by atoms with Crippen LogP contribution >= 0.6 is 11.6 Å². The molecular formula is C30H40ClN5O6. The molecule has 0 saturated heterocycles. The molecule has 2 rings (SSSR count). The van der Waals surface area contributed by atoms with Crippen molar-refractivity contribution in [1.82, 2.24) is 21.3 Å². The lowest BCUT2D eigenvalue weighted by Crippen LogP contribution is -2.55. The molecule has 4 atom stereocenters. The van der Waals surface area contributed by atoms with Crippen LogP contribution in [0.25, 0.3) is 0 Å². The number of hydrogen-bond acceptors (Lipinski definition) is 7. The normalized spacial score (nSPS) is 13.8. The van der Waals surface area contributed by atoms with E-state index in [1.54, 1.807) is 36.4 Å². The van der Waals surface area contributed by atoms with Crippen molar-refractivity contribution in [1.29, 1.82) is 0 Å². The van der Waals surface area contributed by atoms with Crippen molar-refractivity contribution >= 4 is 41.0 Å². The van der Waals surface area contributed by atoms with Gasteiger partial charge < -0.3 is 32.1 Å². The van der Waals surface area contributed by atoms with Gasteiger partial charge in [-0.2, -0.15) is 0 Å². The number of alkyl halides is 1. The van der Waals surface area contributed by atoms with Crippen LogP contribution in [0.5, 0.6) is 5.75 Å². The first kappa shape index (κ1) is 34.2. The number of aromatic hydroxyl groups is 1. The van der Waals surface area contributed by atoms with Gasteiger partial charge in [-0.25, -0.2) is 0 Å². The molecule has 11 nitrogen and oxygen atoms in total. The lowest BCUT2D eigenvalue weighted by molar-refractivity contribution is -0.132. The first-order valence-corrected chi connectivity index (χ1v) is 14.3. The molecule has 12 heteroatoms. The van der Waals surface area contributed by atoms with Crippen LogP contribution in [0.2, 0.25) is 0 Å². The third-order valence-corrected chi connectivity index (χ3v) is 6.65. The Labute approximate surface area is 251 Å². The molecular weight excluding hydrogens is 562 g/mol. The topological polar surface area (TPSA) is 180 Å². The maximum absolute atomic E-state index is 13.2. The Balaban J connectivity index is 1.96. The minimum absolute atomic E-state index is 0.0925. The van der Waals surface area contributed by atoms with E-state index >= 15 is 0 Å². The summed E-state index contributed by atoms with van der Waals surface area (Å²) in [4.78, 5) is 63.3. The van der Waals surface area contributed by atoms with Crippen LogP contribution in [0.4, 0.5) is 0 Å². The average molecular weight is 602 g/mol. The smallest absolute Gasteiger partial charge is 0.243 e. The number of ketones is 1. The van der Waals surface area contributed by atoms with Crippen molar-refractivity contribution in [2.45, 2.75) is 64.2 Å². The molecule has 4 amide bonds. The molecule has 2 aromatic rings. The van der Waals surface area contributed by atoms with Crippen molar-refractivity contribution in [2.24, 2.45) is 11.7 Å². The van der Waals surface area contributed by atoms with Gasteiger partial charge in [-0.1, -0.05) is 56.3 Å². The Bertz CT molecular complexity index is 1210. The molecule has 0 unspecified atom stereocenters. The predicted octanol–water partition coefficient (Wildman–Crippen LogP) is 0.949. The summed E-state index contributed by atoms with van der Waals surface area (Å²) in [6.45, 7) is 4.83. The molecule has 0 aliphatic rings. The number of nitrogens with two attached hydrogens (primary N) is 1. The highest BCUT2D eigenvalue weighted by Crippen LogP contribution is 2.11. The van der Waals surface area contributed by atoms with E-state index in [-0.39, 0.29) is 36.2 Å². The Morgan fingerprint density at radius 2 is 1.40 bits per heavy atom. The van der Waals surface area contributed by atoms with Crippen molar-refractivity contribution in [2.75, 3.05) is 12.4 Å². The molecule has 0 saturated carbocycles. The van der Waals surface area contributed by atoms with E-state index in [2.05, 4.69) is 21.3 Å². The number of carbonyl (C=O) groups excluding carboxylic acids is 5. The maximum Gasteiger partial charge on any atom is 0.243 e. The third-order valence-electron chi connectivity index (χ3n) is 6.38. The van der Waals surface area contributed by atoms with Crippen LogP contribution < -0.4 is 27.0 Å². The summed E-state index contributed by atoms with van der Waals surface area (Å²) >= 11 is 5.74. The fraction of sp³-hybridized carbons (Fsp3) is 0.433. The van der Waals surface area contributed by atoms with Crippen LogP contribution in [-0.4, -0.2) is 71.1 Å². The van der Waals surface area contributed by atoms with Gasteiger partial charge in [0.2, 0.25) is 23.6 Å². The standard InChI is InChI=1S/C30H40ClN5O6/c1-18(2)13-24(26(38)16-31)36-30(42)25(15-20-7-5-4-6-8-20)35-27(39)17-33-28(40)19(3)34-29(41)23(32)14-21-9-11-22(37)12-10-21/h4-12,18-19,23-25,37H,13-17,32H2,1-3H3,(H,33,40)(H,34,41)(H,35,39)(H,36,42)/t19-,23+,24+,25+/m1/s1. The van der Waals surface area contributed by atoms with Crippen LogP contribution in [0.15, 0.2) is 54.6 Å². The average Bonchev–Trinajstić information content (AvgIpc) is 2.96. The van der Waals surface area contributed by atoms with E-state index < -0.39 is 54.3 Å². The fourth-order valence-corrected chi connectivity index (χ4v) is 4.28. The highest BCUT2D eigenvalue weighted by atomic mass is 35.5. The van der Waals surface area contributed by atoms with E-state index in [1.807, 2.05) is 19.9 Å². The maximum atomic E-state index is 13.2. The quantitative estimate of drug-likeness (QED) is 0.155. The van der Waals surface area contributed by atoms with E-state index in [9.17, 15) is 29.1 Å². The van der Waals surface area contributed by atoms with Crippen LogP contribution in [0, 0.1) is 5.92 Å². The molecule has 0 aliphatic heterocycles. The van der Waals surface area contributed by atoms with Gasteiger partial charge >= 0.3 is 0 Å². The number of hydrogen-bond donors (Lipinski definition) is 6. The Morgan fingerprint density at radius 3 is 2.00 bits per heavy atom. The Hall–Kier alpha value is -3.96. The monoisotopic (exact) mass is 601 g/mol. The summed E-state index contributed by atoms with van der Waals surface area (Å²) in [6, 6.07) is 11.6. The van der Waals surface area contributed by atoms with Gasteiger partial charge in [-0.15, -0.1) is 11.6 Å².